The van der Waals surface area contributed by atoms with Gasteiger partial charge in [-0.1, -0.05) is 79.1 Å². The van der Waals surface area contributed by atoms with Crippen LogP contribution in [0.5, 0.6) is 0 Å². The average Bonchev–Trinajstić information content (AvgIpc) is 2.95. The van der Waals surface area contributed by atoms with Gasteiger partial charge in [0.15, 0.2) is 0 Å². The summed E-state index contributed by atoms with van der Waals surface area (Å²) in [5.41, 5.74) is 0.544. The van der Waals surface area contributed by atoms with Gasteiger partial charge in [-0.05, 0) is 30.1 Å². The van der Waals surface area contributed by atoms with Crippen LogP contribution in [0.15, 0.2) is 0 Å². The molecule has 0 amide bonds. The van der Waals surface area contributed by atoms with E-state index in [4.69, 9.17) is 0 Å². The number of rotatable bonds is 9. The zero-order valence-corrected chi connectivity index (χ0v) is 12.7. The van der Waals surface area contributed by atoms with Crippen LogP contribution < -0.4 is 0 Å². The first-order chi connectivity index (χ1) is 8.03. The molecule has 0 aromatic carbocycles. The maximum atomic E-state index is 2.36. The van der Waals surface area contributed by atoms with E-state index in [1.807, 2.05) is 0 Å². The molecule has 2 unspecified atom stereocenters. The van der Waals surface area contributed by atoms with Crippen molar-refractivity contribution >= 4 is 0 Å². The van der Waals surface area contributed by atoms with Crippen LogP contribution in [0.4, 0.5) is 0 Å². The minimum Gasteiger partial charge on any atom is -0.0654 e. The Morgan fingerprint density at radius 1 is 0.824 bits per heavy atom. The molecule has 2 atom stereocenters. The van der Waals surface area contributed by atoms with Gasteiger partial charge in [-0.3, -0.25) is 0 Å². The summed E-state index contributed by atoms with van der Waals surface area (Å²) in [6.07, 6.45) is 14.7. The standard InChI is InChI=1S/C17H34/c1-5-6-8-11-15-14-16(15)12-9-7-10-13-17(2,3)4/h15-16H,5-14H2,1-4H3. The Labute approximate surface area is 110 Å². The largest absolute Gasteiger partial charge is 0.0654 e. The summed E-state index contributed by atoms with van der Waals surface area (Å²) in [6.45, 7) is 9.38. The van der Waals surface area contributed by atoms with E-state index in [2.05, 4.69) is 27.7 Å². The molecule has 1 fully saturated rings. The fourth-order valence-electron chi connectivity index (χ4n) is 2.91. The molecule has 0 aromatic rings. The fourth-order valence-corrected chi connectivity index (χ4v) is 2.91. The van der Waals surface area contributed by atoms with Crippen molar-refractivity contribution in [3.63, 3.8) is 0 Å². The maximum Gasteiger partial charge on any atom is -0.0383 e. The molecule has 0 saturated heterocycles. The van der Waals surface area contributed by atoms with Crippen molar-refractivity contribution in [1.82, 2.24) is 0 Å². The van der Waals surface area contributed by atoms with Crippen LogP contribution in [0.1, 0.15) is 91.9 Å². The summed E-state index contributed by atoms with van der Waals surface area (Å²) in [4.78, 5) is 0. The zero-order chi connectivity index (χ0) is 12.7. The summed E-state index contributed by atoms with van der Waals surface area (Å²) in [7, 11) is 0. The number of unbranched alkanes of at least 4 members (excludes halogenated alkanes) is 4. The van der Waals surface area contributed by atoms with E-state index < -0.39 is 0 Å². The smallest absolute Gasteiger partial charge is 0.0383 e. The van der Waals surface area contributed by atoms with Crippen molar-refractivity contribution in [2.45, 2.75) is 91.9 Å². The van der Waals surface area contributed by atoms with E-state index in [9.17, 15) is 0 Å². The van der Waals surface area contributed by atoms with Crippen LogP contribution in [0.25, 0.3) is 0 Å². The van der Waals surface area contributed by atoms with Gasteiger partial charge in [0, 0.05) is 0 Å². The molecule has 0 N–H and O–H groups in total. The quantitative estimate of drug-likeness (QED) is 0.419. The van der Waals surface area contributed by atoms with Crippen molar-refractivity contribution in [2.75, 3.05) is 0 Å². The van der Waals surface area contributed by atoms with Crippen molar-refractivity contribution in [2.24, 2.45) is 17.3 Å². The van der Waals surface area contributed by atoms with Gasteiger partial charge < -0.3 is 0 Å². The second-order valence-electron chi connectivity index (χ2n) is 7.41. The highest BCUT2D eigenvalue weighted by atomic mass is 14.4. The van der Waals surface area contributed by atoms with Crippen LogP contribution >= 0.6 is 0 Å². The Morgan fingerprint density at radius 2 is 1.41 bits per heavy atom. The van der Waals surface area contributed by atoms with Gasteiger partial charge in [0.2, 0.25) is 0 Å². The van der Waals surface area contributed by atoms with E-state index in [1.54, 1.807) is 6.42 Å². The molecule has 0 aromatic heterocycles. The normalized spacial score (nSPS) is 24.0. The molecule has 0 spiro atoms. The van der Waals surface area contributed by atoms with E-state index in [0.29, 0.717) is 5.41 Å². The van der Waals surface area contributed by atoms with Gasteiger partial charge in [-0.2, -0.15) is 0 Å². The molecule has 1 aliphatic carbocycles. The first kappa shape index (κ1) is 15.1. The second-order valence-corrected chi connectivity index (χ2v) is 7.41. The average molecular weight is 238 g/mol. The molecular formula is C17H34. The summed E-state index contributed by atoms with van der Waals surface area (Å²) >= 11 is 0. The number of hydrogen-bond acceptors (Lipinski definition) is 0. The van der Waals surface area contributed by atoms with Gasteiger partial charge >= 0.3 is 0 Å². The number of hydrogen-bond donors (Lipinski definition) is 0. The Kier molecular flexibility index (Phi) is 6.59. The molecule has 102 valence electrons. The first-order valence-corrected chi connectivity index (χ1v) is 8.03. The van der Waals surface area contributed by atoms with Crippen LogP contribution in [0.2, 0.25) is 0 Å². The molecule has 17 heavy (non-hydrogen) atoms. The monoisotopic (exact) mass is 238 g/mol. The molecule has 0 heteroatoms. The van der Waals surface area contributed by atoms with E-state index >= 15 is 0 Å². The Bertz CT molecular complexity index is 187. The molecule has 0 heterocycles. The third-order valence-electron chi connectivity index (χ3n) is 4.25. The minimum atomic E-state index is 0.544. The predicted octanol–water partition coefficient (Wildman–Crippen LogP) is 6.20. The lowest BCUT2D eigenvalue weighted by molar-refractivity contribution is 0.355. The summed E-state index contributed by atoms with van der Waals surface area (Å²) in [5, 5.41) is 0. The summed E-state index contributed by atoms with van der Waals surface area (Å²) < 4.78 is 0. The highest BCUT2D eigenvalue weighted by Crippen LogP contribution is 2.45. The van der Waals surface area contributed by atoms with Gasteiger partial charge in [-0.25, -0.2) is 0 Å². The third-order valence-corrected chi connectivity index (χ3v) is 4.25. The molecule has 0 radical (unpaired) electrons. The molecule has 1 rings (SSSR count). The van der Waals surface area contributed by atoms with Gasteiger partial charge in [-0.15, -0.1) is 0 Å². The van der Waals surface area contributed by atoms with Gasteiger partial charge in [0.1, 0.15) is 0 Å². The third kappa shape index (κ3) is 7.84. The van der Waals surface area contributed by atoms with Crippen LogP contribution in [-0.4, -0.2) is 0 Å². The predicted molar refractivity (Wildman–Crippen MR) is 78.3 cm³/mol. The van der Waals surface area contributed by atoms with Crippen LogP contribution in [0, 0.1) is 17.3 Å². The van der Waals surface area contributed by atoms with Crippen LogP contribution in [-0.2, 0) is 0 Å². The second kappa shape index (κ2) is 7.44. The lowest BCUT2D eigenvalue weighted by Gasteiger charge is -2.17. The Balaban J connectivity index is 1.86. The maximum absolute atomic E-state index is 2.36. The van der Waals surface area contributed by atoms with Crippen molar-refractivity contribution in [3.05, 3.63) is 0 Å². The highest BCUT2D eigenvalue weighted by molar-refractivity contribution is 4.85. The first-order valence-electron chi connectivity index (χ1n) is 8.03. The SMILES string of the molecule is CCCCCC1CC1CCCCCC(C)(C)C. The van der Waals surface area contributed by atoms with E-state index in [1.165, 1.54) is 57.8 Å². The highest BCUT2D eigenvalue weighted by Gasteiger charge is 2.34. The lowest BCUT2D eigenvalue weighted by atomic mass is 9.89. The molecule has 1 aliphatic rings. The van der Waals surface area contributed by atoms with Crippen molar-refractivity contribution < 1.29 is 0 Å². The van der Waals surface area contributed by atoms with Crippen molar-refractivity contribution in [3.8, 4) is 0 Å². The summed E-state index contributed by atoms with van der Waals surface area (Å²) in [5.74, 6) is 2.26. The Hall–Kier alpha value is 0. The molecular weight excluding hydrogens is 204 g/mol. The lowest BCUT2D eigenvalue weighted by Crippen LogP contribution is -2.03. The molecule has 0 aliphatic heterocycles. The molecule has 0 bridgehead atoms. The summed E-state index contributed by atoms with van der Waals surface area (Å²) in [6, 6.07) is 0. The molecule has 0 nitrogen and oxygen atoms in total. The Morgan fingerprint density at radius 3 is 1.94 bits per heavy atom. The minimum absolute atomic E-state index is 0.544. The zero-order valence-electron chi connectivity index (χ0n) is 12.7. The molecule has 1 saturated carbocycles. The fraction of sp³-hybridized carbons (Fsp3) is 1.00. The van der Waals surface area contributed by atoms with E-state index in [-0.39, 0.29) is 0 Å². The topological polar surface area (TPSA) is 0 Å². The van der Waals surface area contributed by atoms with Gasteiger partial charge in [0.05, 0.1) is 0 Å². The van der Waals surface area contributed by atoms with Gasteiger partial charge in [0.25, 0.3) is 0 Å². The van der Waals surface area contributed by atoms with Crippen LogP contribution in [0.3, 0.4) is 0 Å². The van der Waals surface area contributed by atoms with E-state index in [0.717, 1.165) is 11.8 Å². The van der Waals surface area contributed by atoms with Crippen molar-refractivity contribution in [1.29, 1.82) is 0 Å².